The Morgan fingerprint density at radius 3 is 2.61 bits per heavy atom. The molecule has 0 bridgehead atoms. The number of nitrogens with two attached hydrogens (primary N) is 1. The van der Waals surface area contributed by atoms with E-state index in [2.05, 4.69) is 10.0 Å². The predicted octanol–water partition coefficient (Wildman–Crippen LogP) is -0.144. The first kappa shape index (κ1) is 14.5. The highest BCUT2D eigenvalue weighted by Gasteiger charge is 2.09. The van der Waals surface area contributed by atoms with Gasteiger partial charge in [0.2, 0.25) is 10.0 Å². The summed E-state index contributed by atoms with van der Waals surface area (Å²) in [5.74, 6) is -0.268. The van der Waals surface area contributed by atoms with Crippen LogP contribution in [-0.4, -0.2) is 33.7 Å². The van der Waals surface area contributed by atoms with E-state index < -0.39 is 10.0 Å². The summed E-state index contributed by atoms with van der Waals surface area (Å²) in [4.78, 5) is 11.8. The molecule has 0 aromatic heterocycles. The second kappa shape index (κ2) is 5.83. The van der Waals surface area contributed by atoms with Crippen LogP contribution in [0.1, 0.15) is 15.9 Å². The summed E-state index contributed by atoms with van der Waals surface area (Å²) in [5, 5.41) is 2.62. The molecule has 0 unspecified atom stereocenters. The third-order valence-electron chi connectivity index (χ3n) is 2.40. The van der Waals surface area contributed by atoms with Gasteiger partial charge in [0.1, 0.15) is 0 Å². The summed E-state index contributed by atoms with van der Waals surface area (Å²) >= 11 is 0. The molecule has 18 heavy (non-hydrogen) atoms. The topological polar surface area (TPSA) is 101 Å². The summed E-state index contributed by atoms with van der Waals surface area (Å²) in [6.07, 6.45) is 1.07. The number of rotatable bonds is 5. The lowest BCUT2D eigenvalue weighted by molar-refractivity contribution is 0.0954. The Bertz CT molecular complexity index is 540. The quantitative estimate of drug-likeness (QED) is 0.512. The Hall–Kier alpha value is -1.60. The van der Waals surface area contributed by atoms with Crippen LogP contribution < -0.4 is 15.8 Å². The van der Waals surface area contributed by atoms with Crippen molar-refractivity contribution >= 4 is 21.6 Å². The molecule has 1 amide bonds. The molecule has 0 aliphatic carbocycles. The van der Waals surface area contributed by atoms with Gasteiger partial charge in [-0.25, -0.2) is 13.1 Å². The van der Waals surface area contributed by atoms with Crippen LogP contribution in [0, 0.1) is 6.92 Å². The van der Waals surface area contributed by atoms with E-state index in [-0.39, 0.29) is 19.0 Å². The lowest BCUT2D eigenvalue weighted by atomic mass is 10.1. The fraction of sp³-hybridized carbons (Fsp3) is 0.364. The van der Waals surface area contributed by atoms with E-state index in [4.69, 9.17) is 5.73 Å². The number of carbonyl (C=O) groups is 1. The first-order valence-corrected chi connectivity index (χ1v) is 7.28. The molecule has 0 radical (unpaired) electrons. The van der Waals surface area contributed by atoms with Gasteiger partial charge in [0.05, 0.1) is 6.26 Å². The first-order chi connectivity index (χ1) is 8.31. The van der Waals surface area contributed by atoms with Gasteiger partial charge in [-0.3, -0.25) is 4.79 Å². The molecule has 0 saturated carbocycles. The minimum atomic E-state index is -3.22. The van der Waals surface area contributed by atoms with E-state index >= 15 is 0 Å². The molecule has 4 N–H and O–H groups in total. The van der Waals surface area contributed by atoms with Gasteiger partial charge in [-0.05, 0) is 24.6 Å². The highest BCUT2D eigenvalue weighted by molar-refractivity contribution is 7.88. The predicted molar refractivity (Wildman–Crippen MR) is 70.8 cm³/mol. The van der Waals surface area contributed by atoms with Gasteiger partial charge in [0.15, 0.2) is 0 Å². The van der Waals surface area contributed by atoms with Crippen molar-refractivity contribution in [2.24, 2.45) is 0 Å². The fourth-order valence-electron chi connectivity index (χ4n) is 1.41. The Balaban J connectivity index is 2.54. The number of hydrogen-bond acceptors (Lipinski definition) is 4. The molecule has 7 heteroatoms. The molecule has 0 saturated heterocycles. The number of nitrogen functional groups attached to an aromatic ring is 1. The molecule has 1 aromatic rings. The Morgan fingerprint density at radius 2 is 2.00 bits per heavy atom. The zero-order chi connectivity index (χ0) is 13.8. The Labute approximate surface area is 107 Å². The largest absolute Gasteiger partial charge is 0.398 e. The summed E-state index contributed by atoms with van der Waals surface area (Å²) in [6.45, 7) is 2.14. The summed E-state index contributed by atoms with van der Waals surface area (Å²) in [7, 11) is -3.22. The molecule has 1 aromatic carbocycles. The van der Waals surface area contributed by atoms with Crippen LogP contribution in [0.3, 0.4) is 0 Å². The smallest absolute Gasteiger partial charge is 0.251 e. The molecular formula is C11H17N3O3S. The highest BCUT2D eigenvalue weighted by atomic mass is 32.2. The third kappa shape index (κ3) is 4.34. The van der Waals surface area contributed by atoms with Crippen LogP contribution in [0.2, 0.25) is 0 Å². The highest BCUT2D eigenvalue weighted by Crippen LogP contribution is 2.14. The molecule has 0 spiro atoms. The number of anilines is 1. The lowest BCUT2D eigenvalue weighted by Crippen LogP contribution is -2.34. The summed E-state index contributed by atoms with van der Waals surface area (Å²) in [5.41, 5.74) is 7.46. The van der Waals surface area contributed by atoms with E-state index in [1.165, 1.54) is 0 Å². The zero-order valence-electron chi connectivity index (χ0n) is 10.4. The van der Waals surface area contributed by atoms with Gasteiger partial charge in [-0.1, -0.05) is 6.07 Å². The molecule has 0 heterocycles. The fourth-order valence-corrected chi connectivity index (χ4v) is 1.88. The molecule has 100 valence electrons. The Morgan fingerprint density at radius 1 is 1.33 bits per heavy atom. The molecule has 0 aliphatic heterocycles. The average molecular weight is 271 g/mol. The summed E-state index contributed by atoms with van der Waals surface area (Å²) < 4.78 is 23.9. The molecule has 6 nitrogen and oxygen atoms in total. The van der Waals surface area contributed by atoms with E-state index in [1.807, 2.05) is 0 Å². The number of carbonyl (C=O) groups excluding carboxylic acids is 1. The number of amides is 1. The number of nitrogens with one attached hydrogen (secondary N) is 2. The van der Waals surface area contributed by atoms with Gasteiger partial charge in [-0.2, -0.15) is 0 Å². The van der Waals surface area contributed by atoms with Crippen molar-refractivity contribution in [1.82, 2.24) is 10.0 Å². The maximum absolute atomic E-state index is 11.8. The zero-order valence-corrected chi connectivity index (χ0v) is 11.2. The second-order valence-corrected chi connectivity index (χ2v) is 5.78. The Kier molecular flexibility index (Phi) is 4.69. The second-order valence-electron chi connectivity index (χ2n) is 3.94. The van der Waals surface area contributed by atoms with Crippen LogP contribution in [0.15, 0.2) is 18.2 Å². The summed E-state index contributed by atoms with van der Waals surface area (Å²) in [6, 6.07) is 5.09. The molecule has 0 aliphatic rings. The van der Waals surface area contributed by atoms with E-state index in [0.29, 0.717) is 16.8 Å². The van der Waals surface area contributed by atoms with Crippen molar-refractivity contribution < 1.29 is 13.2 Å². The number of benzene rings is 1. The molecule has 0 fully saturated rings. The van der Waals surface area contributed by atoms with Crippen molar-refractivity contribution in [3.8, 4) is 0 Å². The van der Waals surface area contributed by atoms with Gasteiger partial charge in [-0.15, -0.1) is 0 Å². The van der Waals surface area contributed by atoms with Crippen LogP contribution in [0.4, 0.5) is 5.69 Å². The van der Waals surface area contributed by atoms with Crippen LogP contribution in [0.5, 0.6) is 0 Å². The number of hydrogen-bond donors (Lipinski definition) is 3. The maximum Gasteiger partial charge on any atom is 0.251 e. The first-order valence-electron chi connectivity index (χ1n) is 5.39. The third-order valence-corrected chi connectivity index (χ3v) is 3.12. The maximum atomic E-state index is 11.8. The normalized spacial score (nSPS) is 11.2. The van der Waals surface area contributed by atoms with Crippen LogP contribution in [-0.2, 0) is 10.0 Å². The molecule has 1 rings (SSSR count). The van der Waals surface area contributed by atoms with Crippen LogP contribution in [0.25, 0.3) is 0 Å². The number of sulfonamides is 1. The minimum Gasteiger partial charge on any atom is -0.398 e. The van der Waals surface area contributed by atoms with Crippen molar-refractivity contribution in [3.63, 3.8) is 0 Å². The van der Waals surface area contributed by atoms with Crippen molar-refractivity contribution in [2.75, 3.05) is 25.1 Å². The van der Waals surface area contributed by atoms with E-state index in [0.717, 1.165) is 6.26 Å². The van der Waals surface area contributed by atoms with Crippen molar-refractivity contribution in [3.05, 3.63) is 29.3 Å². The van der Waals surface area contributed by atoms with Gasteiger partial charge >= 0.3 is 0 Å². The SMILES string of the molecule is Cc1c(N)cccc1C(=O)NCCNS(C)(=O)=O. The molecular weight excluding hydrogens is 254 g/mol. The monoisotopic (exact) mass is 271 g/mol. The van der Waals surface area contributed by atoms with E-state index in [9.17, 15) is 13.2 Å². The van der Waals surface area contributed by atoms with Crippen molar-refractivity contribution in [1.29, 1.82) is 0 Å². The van der Waals surface area contributed by atoms with Gasteiger partial charge in [0.25, 0.3) is 5.91 Å². The van der Waals surface area contributed by atoms with Gasteiger partial charge in [0, 0.05) is 24.3 Å². The van der Waals surface area contributed by atoms with Crippen LogP contribution >= 0.6 is 0 Å². The van der Waals surface area contributed by atoms with Gasteiger partial charge < -0.3 is 11.1 Å². The average Bonchev–Trinajstić information content (AvgIpc) is 2.26. The lowest BCUT2D eigenvalue weighted by Gasteiger charge is -2.09. The minimum absolute atomic E-state index is 0.159. The van der Waals surface area contributed by atoms with E-state index in [1.54, 1.807) is 25.1 Å². The van der Waals surface area contributed by atoms with Crippen molar-refractivity contribution in [2.45, 2.75) is 6.92 Å². The molecule has 0 atom stereocenters. The standard InChI is InChI=1S/C11H17N3O3S/c1-8-9(4-3-5-10(8)12)11(15)13-6-7-14-18(2,16)17/h3-5,14H,6-7,12H2,1-2H3,(H,13,15).